The summed E-state index contributed by atoms with van der Waals surface area (Å²) in [6.45, 7) is 1.65. The lowest BCUT2D eigenvalue weighted by atomic mass is 10.1. The summed E-state index contributed by atoms with van der Waals surface area (Å²) in [4.78, 5) is 28.5. The van der Waals surface area contributed by atoms with Crippen molar-refractivity contribution in [3.05, 3.63) is 32.4 Å². The number of rotatable bonds is 4. The first-order valence-corrected chi connectivity index (χ1v) is 3.81. The van der Waals surface area contributed by atoms with Crippen LogP contribution in [0.5, 0.6) is 0 Å². The summed E-state index contributed by atoms with van der Waals surface area (Å²) in [5.41, 5.74) is 0. The molecule has 3 atom stereocenters. The highest BCUT2D eigenvalue weighted by molar-refractivity contribution is 5.07. The zero-order valence-electron chi connectivity index (χ0n) is 7.23. The highest BCUT2D eigenvalue weighted by atomic mass is 17.0. The lowest BCUT2D eigenvalue weighted by Gasteiger charge is -2.18. The van der Waals surface area contributed by atoms with E-state index in [1.165, 1.54) is 6.08 Å². The summed E-state index contributed by atoms with van der Waals surface area (Å²) in [5.74, 6) is -0.287. The molecule has 0 aromatic rings. The van der Waals surface area contributed by atoms with E-state index in [9.17, 15) is 20.2 Å². The van der Waals surface area contributed by atoms with Crippen LogP contribution in [-0.2, 0) is 9.68 Å². The molecule has 0 heterocycles. The van der Waals surface area contributed by atoms with Crippen LogP contribution in [-0.4, -0.2) is 22.4 Å². The summed E-state index contributed by atoms with van der Waals surface area (Å²) in [6, 6.07) is 0. The monoisotopic (exact) mass is 204 g/mol. The molecule has 0 spiro atoms. The second kappa shape index (κ2) is 3.90. The van der Waals surface area contributed by atoms with Gasteiger partial charge in [0.25, 0.3) is 10.2 Å². The fraction of sp³-hybridized carbons (Fsp3) is 0.667. The van der Waals surface area contributed by atoms with Crippen LogP contribution in [0.3, 0.4) is 0 Å². The molecule has 0 aliphatic heterocycles. The van der Waals surface area contributed by atoms with E-state index in [1.54, 1.807) is 13.0 Å². The van der Waals surface area contributed by atoms with Gasteiger partial charge in [0.2, 0.25) is 0 Å². The van der Waals surface area contributed by atoms with Gasteiger partial charge in [-0.25, -0.2) is 0 Å². The molecule has 0 radical (unpaired) electrons. The third kappa shape index (κ3) is 2.31. The van der Waals surface area contributed by atoms with Gasteiger partial charge in [-0.05, 0) is 0 Å². The van der Waals surface area contributed by atoms with Crippen molar-refractivity contribution >= 4 is 0 Å². The first-order valence-electron chi connectivity index (χ1n) is 3.81. The summed E-state index contributed by atoms with van der Waals surface area (Å²) in [6.07, 6.45) is 0.991. The number of hydrogen-bond donors (Lipinski definition) is 0. The summed E-state index contributed by atoms with van der Waals surface area (Å²) < 4.78 is 0. The van der Waals surface area contributed by atoms with E-state index >= 15 is 0 Å². The molecule has 0 amide bonds. The molecule has 8 nitrogen and oxygen atoms in total. The van der Waals surface area contributed by atoms with Crippen molar-refractivity contribution in [2.45, 2.75) is 19.1 Å². The molecule has 1 aliphatic rings. The zero-order chi connectivity index (χ0) is 10.7. The average Bonchev–Trinajstić information content (AvgIpc) is 2.34. The first kappa shape index (κ1) is 10.2. The fourth-order valence-electron chi connectivity index (χ4n) is 1.25. The number of nitrogens with zero attached hydrogens (tertiary/aromatic N) is 2. The molecule has 8 heteroatoms. The molecular weight excluding hydrogens is 196 g/mol. The van der Waals surface area contributed by atoms with Crippen LogP contribution in [0.4, 0.5) is 0 Å². The standard InChI is InChI=1S/C6H8N2O6/c1-4-2-3-5(13-7(9)10)6(4)14-8(11)12/h2-6H,1H3. The SMILES string of the molecule is CC1C=CC(O[N+](=O)[O-])C1O[N+](=O)[O-]. The van der Waals surface area contributed by atoms with E-state index in [-0.39, 0.29) is 5.92 Å². The van der Waals surface area contributed by atoms with Crippen molar-refractivity contribution in [1.82, 2.24) is 0 Å². The highest BCUT2D eigenvalue weighted by Crippen LogP contribution is 2.23. The Kier molecular flexibility index (Phi) is 2.85. The Morgan fingerprint density at radius 1 is 1.14 bits per heavy atom. The molecule has 1 rings (SSSR count). The Balaban J connectivity index is 2.60. The molecule has 0 saturated carbocycles. The maximum absolute atomic E-state index is 10.1. The molecule has 78 valence electrons. The second-order valence-electron chi connectivity index (χ2n) is 2.83. The molecule has 0 saturated heterocycles. The van der Waals surface area contributed by atoms with Crippen LogP contribution >= 0.6 is 0 Å². The van der Waals surface area contributed by atoms with Gasteiger partial charge in [-0.1, -0.05) is 19.1 Å². The van der Waals surface area contributed by atoms with Crippen LogP contribution in [0.1, 0.15) is 6.92 Å². The van der Waals surface area contributed by atoms with Crippen molar-refractivity contribution < 1.29 is 19.8 Å². The Morgan fingerprint density at radius 3 is 2.21 bits per heavy atom. The van der Waals surface area contributed by atoms with Gasteiger partial charge >= 0.3 is 0 Å². The van der Waals surface area contributed by atoms with Crippen LogP contribution in [0.25, 0.3) is 0 Å². The van der Waals surface area contributed by atoms with Crippen molar-refractivity contribution in [2.24, 2.45) is 5.92 Å². The molecule has 14 heavy (non-hydrogen) atoms. The molecular formula is C6H8N2O6. The van der Waals surface area contributed by atoms with Crippen LogP contribution in [0.15, 0.2) is 12.2 Å². The topological polar surface area (TPSA) is 105 Å². The zero-order valence-corrected chi connectivity index (χ0v) is 7.23. The maximum atomic E-state index is 10.1. The average molecular weight is 204 g/mol. The number of hydrogen-bond acceptors (Lipinski definition) is 6. The summed E-state index contributed by atoms with van der Waals surface area (Å²) >= 11 is 0. The van der Waals surface area contributed by atoms with Crippen LogP contribution in [0.2, 0.25) is 0 Å². The van der Waals surface area contributed by atoms with E-state index in [4.69, 9.17) is 0 Å². The largest absolute Gasteiger partial charge is 0.307 e. The van der Waals surface area contributed by atoms with E-state index in [0.717, 1.165) is 0 Å². The van der Waals surface area contributed by atoms with E-state index in [2.05, 4.69) is 9.68 Å². The highest BCUT2D eigenvalue weighted by Gasteiger charge is 2.34. The Labute approximate surface area is 78.3 Å². The van der Waals surface area contributed by atoms with Crippen LogP contribution < -0.4 is 0 Å². The van der Waals surface area contributed by atoms with E-state index < -0.39 is 22.4 Å². The smallest absolute Gasteiger partial charge is 0.295 e. The molecule has 0 bridgehead atoms. The third-order valence-corrected chi connectivity index (χ3v) is 1.86. The molecule has 0 aromatic carbocycles. The normalized spacial score (nSPS) is 29.9. The maximum Gasteiger partial charge on any atom is 0.295 e. The van der Waals surface area contributed by atoms with Crippen molar-refractivity contribution in [3.8, 4) is 0 Å². The fourth-order valence-corrected chi connectivity index (χ4v) is 1.25. The third-order valence-electron chi connectivity index (χ3n) is 1.86. The predicted molar refractivity (Wildman–Crippen MR) is 42.0 cm³/mol. The minimum absolute atomic E-state index is 0.287. The van der Waals surface area contributed by atoms with Crippen LogP contribution in [0, 0.1) is 26.1 Å². The lowest BCUT2D eigenvalue weighted by Crippen LogP contribution is -2.34. The van der Waals surface area contributed by atoms with Gasteiger partial charge in [0.05, 0.1) is 0 Å². The minimum Gasteiger partial charge on any atom is -0.307 e. The van der Waals surface area contributed by atoms with Gasteiger partial charge < -0.3 is 9.68 Å². The summed E-state index contributed by atoms with van der Waals surface area (Å²) in [7, 11) is 0. The summed E-state index contributed by atoms with van der Waals surface area (Å²) in [5, 5.41) is 18.1. The van der Waals surface area contributed by atoms with Crippen molar-refractivity contribution in [1.29, 1.82) is 0 Å². The van der Waals surface area contributed by atoms with E-state index in [0.29, 0.717) is 0 Å². The van der Waals surface area contributed by atoms with Gasteiger partial charge in [0.15, 0.2) is 6.10 Å². The van der Waals surface area contributed by atoms with E-state index in [1.807, 2.05) is 0 Å². The Hall–Kier alpha value is -1.86. The Bertz CT molecular complexity index is 277. The molecule has 3 unspecified atom stereocenters. The van der Waals surface area contributed by atoms with Crippen molar-refractivity contribution in [3.63, 3.8) is 0 Å². The minimum atomic E-state index is -1.01. The van der Waals surface area contributed by atoms with Gasteiger partial charge in [-0.15, -0.1) is 20.2 Å². The van der Waals surface area contributed by atoms with Gasteiger partial charge in [0.1, 0.15) is 6.10 Å². The first-order chi connectivity index (χ1) is 6.50. The quantitative estimate of drug-likeness (QED) is 0.371. The Morgan fingerprint density at radius 2 is 1.71 bits per heavy atom. The van der Waals surface area contributed by atoms with Gasteiger partial charge in [-0.3, -0.25) is 0 Å². The second-order valence-corrected chi connectivity index (χ2v) is 2.83. The van der Waals surface area contributed by atoms with Gasteiger partial charge in [-0.2, -0.15) is 0 Å². The molecule has 1 aliphatic carbocycles. The molecule has 0 aromatic heterocycles. The molecule has 0 fully saturated rings. The van der Waals surface area contributed by atoms with Crippen molar-refractivity contribution in [2.75, 3.05) is 0 Å². The lowest BCUT2D eigenvalue weighted by molar-refractivity contribution is -0.796. The predicted octanol–water partition coefficient (Wildman–Crippen LogP) is 0.346. The molecule has 0 N–H and O–H groups in total. The van der Waals surface area contributed by atoms with Gasteiger partial charge in [0, 0.05) is 5.92 Å².